The topological polar surface area (TPSA) is 164 Å². The predicted molar refractivity (Wildman–Crippen MR) is 141 cm³/mol. The minimum absolute atomic E-state index is 0.0812. The molecule has 0 spiro atoms. The van der Waals surface area contributed by atoms with Crippen molar-refractivity contribution in [1.29, 1.82) is 10.8 Å². The monoisotopic (exact) mass is 502 g/mol. The Kier molecular flexibility index (Phi) is 8.98. The van der Waals surface area contributed by atoms with E-state index in [0.29, 0.717) is 18.4 Å². The van der Waals surface area contributed by atoms with Crippen LogP contribution in [0.1, 0.15) is 32.4 Å². The molecule has 3 heterocycles. The minimum atomic E-state index is -0.799. The molecule has 37 heavy (non-hydrogen) atoms. The van der Waals surface area contributed by atoms with Crippen LogP contribution < -0.4 is 5.73 Å². The number of ketones is 1. The summed E-state index contributed by atoms with van der Waals surface area (Å²) in [4.78, 5) is 35.7. The Hall–Kier alpha value is -4.67. The van der Waals surface area contributed by atoms with Crippen LogP contribution >= 0.6 is 0 Å². The lowest BCUT2D eigenvalue weighted by atomic mass is 9.89. The van der Waals surface area contributed by atoms with E-state index in [-0.39, 0.29) is 47.7 Å². The first-order valence-electron chi connectivity index (χ1n) is 11.7. The quantitative estimate of drug-likeness (QED) is 0.156. The molecule has 11 nitrogen and oxygen atoms in total. The summed E-state index contributed by atoms with van der Waals surface area (Å²) in [6, 6.07) is 1.70. The molecule has 1 unspecified atom stereocenters. The number of ether oxygens (including phenoxy) is 1. The average Bonchev–Trinajstić information content (AvgIpc) is 3.43. The summed E-state index contributed by atoms with van der Waals surface area (Å²) in [5.74, 6) is -1.45. The number of hydrogen-bond donors (Lipinski definition) is 3. The van der Waals surface area contributed by atoms with Gasteiger partial charge in [-0.1, -0.05) is 43.4 Å². The third-order valence-corrected chi connectivity index (χ3v) is 5.95. The molecular weight excluding hydrogens is 472 g/mol. The van der Waals surface area contributed by atoms with Gasteiger partial charge in [0.25, 0.3) is 11.7 Å². The van der Waals surface area contributed by atoms with E-state index in [0.717, 1.165) is 12.0 Å². The highest BCUT2D eigenvalue weighted by Crippen LogP contribution is 2.28. The van der Waals surface area contributed by atoms with E-state index in [1.807, 2.05) is 38.2 Å². The highest BCUT2D eigenvalue weighted by molar-refractivity contribution is 6.53. The Morgan fingerprint density at radius 3 is 2.59 bits per heavy atom. The molecular formula is C26H30N8O3. The van der Waals surface area contributed by atoms with Crippen LogP contribution in [-0.2, 0) is 14.3 Å². The van der Waals surface area contributed by atoms with Gasteiger partial charge in [0.15, 0.2) is 12.2 Å². The number of amides is 1. The number of carbonyl (C=O) groups excluding carboxylic acids is 2. The first kappa shape index (κ1) is 26.9. The number of aromatic nitrogens is 4. The van der Waals surface area contributed by atoms with Crippen LogP contribution in [0.2, 0.25) is 0 Å². The molecule has 1 saturated heterocycles. The molecule has 1 fully saturated rings. The number of nitrogens with zero attached hydrogens (tertiary/aromatic N) is 5. The molecule has 4 N–H and O–H groups in total. The van der Waals surface area contributed by atoms with Crippen molar-refractivity contribution >= 4 is 35.2 Å². The number of nitrogen functional groups attached to an aromatic ring is 1. The van der Waals surface area contributed by atoms with Crippen LogP contribution in [-0.4, -0.2) is 61.7 Å². The molecule has 1 amide bonds. The number of allylic oxidation sites excluding steroid dienone is 4. The number of anilines is 1. The molecule has 1 atom stereocenters. The fourth-order valence-corrected chi connectivity index (χ4v) is 4.08. The van der Waals surface area contributed by atoms with Crippen molar-refractivity contribution in [2.24, 2.45) is 5.92 Å². The lowest BCUT2D eigenvalue weighted by Crippen LogP contribution is -2.41. The molecule has 0 aliphatic carbocycles. The number of nitrogens with one attached hydrogen (secondary N) is 2. The van der Waals surface area contributed by atoms with Gasteiger partial charge in [-0.2, -0.15) is 5.10 Å². The van der Waals surface area contributed by atoms with Gasteiger partial charge in [0.05, 0.1) is 0 Å². The van der Waals surface area contributed by atoms with Crippen LogP contribution in [0.15, 0.2) is 66.8 Å². The van der Waals surface area contributed by atoms with Gasteiger partial charge in [0.2, 0.25) is 5.90 Å². The number of hydrogen-bond acceptors (Lipinski definition) is 9. The summed E-state index contributed by atoms with van der Waals surface area (Å²) < 4.78 is 6.50. The maximum absolute atomic E-state index is 13.0. The molecule has 2 aromatic heterocycles. The Balaban J connectivity index is 1.76. The number of piperidine rings is 1. The van der Waals surface area contributed by atoms with Gasteiger partial charge < -0.3 is 15.4 Å². The third kappa shape index (κ3) is 6.13. The fourth-order valence-electron chi connectivity index (χ4n) is 4.08. The van der Waals surface area contributed by atoms with Crippen molar-refractivity contribution in [3.05, 3.63) is 72.5 Å². The molecule has 3 rings (SSSR count). The van der Waals surface area contributed by atoms with Gasteiger partial charge in [-0.25, -0.2) is 14.6 Å². The number of rotatable bonds is 9. The predicted octanol–water partition coefficient (Wildman–Crippen LogP) is 3.12. The summed E-state index contributed by atoms with van der Waals surface area (Å²) in [6.45, 7) is 8.22. The molecule has 1 aliphatic heterocycles. The maximum Gasteiger partial charge on any atom is 0.295 e. The Morgan fingerprint density at radius 2 is 1.97 bits per heavy atom. The average molecular weight is 503 g/mol. The van der Waals surface area contributed by atoms with Gasteiger partial charge in [-0.05, 0) is 25.8 Å². The van der Waals surface area contributed by atoms with Gasteiger partial charge in [0.1, 0.15) is 17.7 Å². The summed E-state index contributed by atoms with van der Waals surface area (Å²) in [6.07, 6.45) is 13.7. The van der Waals surface area contributed by atoms with Crippen molar-refractivity contribution in [2.45, 2.75) is 26.7 Å². The van der Waals surface area contributed by atoms with Crippen LogP contribution in [0.5, 0.6) is 0 Å². The summed E-state index contributed by atoms with van der Waals surface area (Å²) in [5.41, 5.74) is 7.85. The normalized spacial score (nSPS) is 14.5. The van der Waals surface area contributed by atoms with Gasteiger partial charge in [-0.15, -0.1) is 0 Å². The minimum Gasteiger partial charge on any atom is -0.428 e. The number of carbonyl (C=O) groups is 2. The first-order chi connectivity index (χ1) is 17.8. The van der Waals surface area contributed by atoms with Crippen molar-refractivity contribution in [1.82, 2.24) is 24.6 Å². The van der Waals surface area contributed by atoms with Crippen LogP contribution in [0.25, 0.3) is 11.4 Å². The van der Waals surface area contributed by atoms with Gasteiger partial charge in [0, 0.05) is 42.5 Å². The molecule has 2 aromatic rings. The summed E-state index contributed by atoms with van der Waals surface area (Å²) >= 11 is 0. The zero-order valence-electron chi connectivity index (χ0n) is 20.8. The van der Waals surface area contributed by atoms with Crippen molar-refractivity contribution < 1.29 is 14.3 Å². The van der Waals surface area contributed by atoms with Crippen LogP contribution in [0.3, 0.4) is 0 Å². The maximum atomic E-state index is 13.0. The Bertz CT molecular complexity index is 1280. The van der Waals surface area contributed by atoms with E-state index in [1.54, 1.807) is 18.5 Å². The molecule has 192 valence electrons. The molecule has 0 saturated carbocycles. The summed E-state index contributed by atoms with van der Waals surface area (Å²) in [7, 11) is 0. The van der Waals surface area contributed by atoms with Crippen molar-refractivity contribution in [2.75, 3.05) is 18.8 Å². The molecule has 11 heteroatoms. The second kappa shape index (κ2) is 12.3. The molecule has 0 bridgehead atoms. The Morgan fingerprint density at radius 1 is 1.24 bits per heavy atom. The van der Waals surface area contributed by atoms with E-state index in [4.69, 9.17) is 21.3 Å². The van der Waals surface area contributed by atoms with Crippen molar-refractivity contribution in [3.63, 3.8) is 0 Å². The van der Waals surface area contributed by atoms with E-state index in [9.17, 15) is 9.59 Å². The Labute approximate surface area is 215 Å². The van der Waals surface area contributed by atoms with Crippen molar-refractivity contribution in [3.8, 4) is 5.82 Å². The molecule has 0 radical (unpaired) electrons. The lowest BCUT2D eigenvalue weighted by molar-refractivity contribution is -0.142. The number of nitrogens with two attached hydrogens (primary N) is 1. The standard InChI is InChI=1S/C26H30N8O3/c1-4-5-6-8-17(2)20(24(29)37-15-27)19-9-13-33(14-10-19)26(36)23(35)18(3)22-21(28)25(31-16-30-22)34-12-7-11-32-34/h4-8,11-12,15-17,27,29H,3,9-10,13-14,28H2,1-2H3/b5-4-,8-6-,27-15?,29-24?. The zero-order valence-corrected chi connectivity index (χ0v) is 20.8. The lowest BCUT2D eigenvalue weighted by Gasteiger charge is -2.30. The third-order valence-electron chi connectivity index (χ3n) is 5.95. The smallest absolute Gasteiger partial charge is 0.295 e. The highest BCUT2D eigenvalue weighted by Gasteiger charge is 2.30. The SMILES string of the molecule is C=C(C(=O)C(=O)N1CCC(=C(C(=N)OC=N)C(C)/C=C\C=C/C)CC1)c1ncnc(-n2cccn2)c1N. The fraction of sp³-hybridized carbons (Fsp3) is 0.269. The van der Waals surface area contributed by atoms with Gasteiger partial charge >= 0.3 is 0 Å². The van der Waals surface area contributed by atoms with E-state index in [2.05, 4.69) is 21.6 Å². The van der Waals surface area contributed by atoms with E-state index >= 15 is 0 Å². The highest BCUT2D eigenvalue weighted by atomic mass is 16.5. The second-order valence-electron chi connectivity index (χ2n) is 8.29. The van der Waals surface area contributed by atoms with Gasteiger partial charge in [-0.3, -0.25) is 20.4 Å². The van der Waals surface area contributed by atoms with E-state index < -0.39 is 11.7 Å². The van der Waals surface area contributed by atoms with E-state index in [1.165, 1.54) is 15.9 Å². The molecule has 0 aromatic carbocycles. The first-order valence-corrected chi connectivity index (χ1v) is 11.7. The zero-order chi connectivity index (χ0) is 26.9. The number of Topliss-reactive ketones (excluding diaryl/α,β-unsaturated/α-hetero) is 1. The largest absolute Gasteiger partial charge is 0.428 e. The second-order valence-corrected chi connectivity index (χ2v) is 8.29. The van der Waals surface area contributed by atoms with Crippen LogP contribution in [0, 0.1) is 16.7 Å². The van der Waals surface area contributed by atoms with Crippen LogP contribution in [0.4, 0.5) is 5.69 Å². The summed E-state index contributed by atoms with van der Waals surface area (Å²) in [5, 5.41) is 19.6. The molecule has 1 aliphatic rings. The number of likely N-dealkylation sites (tertiary alicyclic amines) is 1.